The average Bonchev–Trinajstić information content (AvgIpc) is 2.75. The number of Topliss-reactive ketones (excluding diaryl/α,β-unsaturated/α-hetero) is 1. The third-order valence-electron chi connectivity index (χ3n) is 5.54. The van der Waals surface area contributed by atoms with Gasteiger partial charge in [0.05, 0.1) is 13.2 Å². The third kappa shape index (κ3) is 6.75. The Kier molecular flexibility index (Phi) is 8.11. The summed E-state index contributed by atoms with van der Waals surface area (Å²) in [5, 5.41) is 3.00. The molecule has 0 unspecified atom stereocenters. The molecule has 1 saturated heterocycles. The molecule has 1 aliphatic heterocycles. The molecule has 2 aromatic rings. The van der Waals surface area contributed by atoms with Gasteiger partial charge in [-0.3, -0.25) is 14.5 Å². The molecule has 0 aliphatic carbocycles. The number of halogens is 1. The molecule has 0 bridgehead atoms. The summed E-state index contributed by atoms with van der Waals surface area (Å²) >= 11 is 0. The van der Waals surface area contributed by atoms with Crippen LogP contribution in [0.4, 0.5) is 4.39 Å². The van der Waals surface area contributed by atoms with Crippen LogP contribution < -0.4 is 5.32 Å². The molecule has 6 heteroatoms. The minimum absolute atomic E-state index is 0.00251. The monoisotopic (exact) mass is 412 g/mol. The summed E-state index contributed by atoms with van der Waals surface area (Å²) in [4.78, 5) is 26.7. The molecule has 2 aromatic carbocycles. The van der Waals surface area contributed by atoms with Crippen molar-refractivity contribution >= 4 is 11.7 Å². The predicted octanol–water partition coefficient (Wildman–Crippen LogP) is 3.57. The summed E-state index contributed by atoms with van der Waals surface area (Å²) in [7, 11) is 1.67. The van der Waals surface area contributed by atoms with Gasteiger partial charge in [0.1, 0.15) is 5.82 Å². The van der Waals surface area contributed by atoms with Gasteiger partial charge in [0, 0.05) is 25.6 Å². The van der Waals surface area contributed by atoms with Crippen LogP contribution in [0.1, 0.15) is 40.7 Å². The van der Waals surface area contributed by atoms with Gasteiger partial charge >= 0.3 is 0 Å². The van der Waals surface area contributed by atoms with E-state index < -0.39 is 0 Å². The van der Waals surface area contributed by atoms with Gasteiger partial charge in [-0.05, 0) is 67.2 Å². The van der Waals surface area contributed by atoms with Crippen molar-refractivity contribution in [1.82, 2.24) is 10.2 Å². The Balaban J connectivity index is 1.36. The third-order valence-corrected chi connectivity index (χ3v) is 5.54. The van der Waals surface area contributed by atoms with Crippen molar-refractivity contribution < 1.29 is 18.7 Å². The summed E-state index contributed by atoms with van der Waals surface area (Å²) in [6.07, 6.45) is 2.31. The molecule has 0 aromatic heterocycles. The first-order valence-electron chi connectivity index (χ1n) is 10.4. The molecular formula is C24H29FN2O3. The van der Waals surface area contributed by atoms with Crippen LogP contribution in [0.5, 0.6) is 0 Å². The lowest BCUT2D eigenvalue weighted by atomic mass is 9.93. The van der Waals surface area contributed by atoms with E-state index in [0.717, 1.165) is 37.1 Å². The Bertz CT molecular complexity index is 829. The Labute approximate surface area is 177 Å². The van der Waals surface area contributed by atoms with Crippen LogP contribution in [0.2, 0.25) is 0 Å². The number of carbonyl (C=O) groups excluding carboxylic acids is 2. The van der Waals surface area contributed by atoms with Gasteiger partial charge in [-0.25, -0.2) is 4.39 Å². The van der Waals surface area contributed by atoms with Crippen molar-refractivity contribution in [2.24, 2.45) is 5.92 Å². The lowest BCUT2D eigenvalue weighted by molar-refractivity contribution is -0.122. The highest BCUT2D eigenvalue weighted by Gasteiger charge is 2.23. The maximum Gasteiger partial charge on any atom is 0.220 e. The molecule has 1 amide bonds. The van der Waals surface area contributed by atoms with Crippen LogP contribution in [-0.2, 0) is 22.7 Å². The normalized spacial score (nSPS) is 15.1. The second kappa shape index (κ2) is 11.0. The van der Waals surface area contributed by atoms with Gasteiger partial charge in [0.15, 0.2) is 5.78 Å². The topological polar surface area (TPSA) is 58.6 Å². The van der Waals surface area contributed by atoms with Crippen molar-refractivity contribution in [3.63, 3.8) is 0 Å². The quantitative estimate of drug-likeness (QED) is 0.640. The van der Waals surface area contributed by atoms with Crippen LogP contribution in [0.3, 0.4) is 0 Å². The van der Waals surface area contributed by atoms with Gasteiger partial charge in [-0.1, -0.05) is 24.3 Å². The fraction of sp³-hybridized carbons (Fsp3) is 0.417. The molecule has 1 aliphatic rings. The number of piperidine rings is 1. The van der Waals surface area contributed by atoms with E-state index in [4.69, 9.17) is 4.74 Å². The highest BCUT2D eigenvalue weighted by Crippen LogP contribution is 2.21. The SMILES string of the molecule is COCc1ccc(CNC(=O)CC2CCN(CC(=O)c3ccc(F)cc3)CC2)cc1. The van der Waals surface area contributed by atoms with Crippen molar-refractivity contribution in [1.29, 1.82) is 0 Å². The predicted molar refractivity (Wildman–Crippen MR) is 114 cm³/mol. The molecule has 1 heterocycles. The van der Waals surface area contributed by atoms with Crippen molar-refractivity contribution in [3.8, 4) is 0 Å². The van der Waals surface area contributed by atoms with Crippen LogP contribution in [0.25, 0.3) is 0 Å². The fourth-order valence-electron chi connectivity index (χ4n) is 3.73. The van der Waals surface area contributed by atoms with Gasteiger partial charge in [-0.15, -0.1) is 0 Å². The van der Waals surface area contributed by atoms with E-state index in [-0.39, 0.29) is 17.5 Å². The second-order valence-corrected chi connectivity index (χ2v) is 7.88. The number of ether oxygens (including phenoxy) is 1. The number of amides is 1. The van der Waals surface area contributed by atoms with Gasteiger partial charge in [0.25, 0.3) is 0 Å². The van der Waals surface area contributed by atoms with Crippen LogP contribution in [-0.4, -0.2) is 43.3 Å². The number of rotatable bonds is 9. The standard InChI is InChI=1S/C24H29FN2O3/c1-30-17-20-4-2-19(3-5-20)15-26-24(29)14-18-10-12-27(13-11-18)16-23(28)21-6-8-22(25)9-7-21/h2-9,18H,10-17H2,1H3,(H,26,29). The first-order chi connectivity index (χ1) is 14.5. The van der Waals surface area contributed by atoms with Crippen LogP contribution >= 0.6 is 0 Å². The molecule has 0 saturated carbocycles. The zero-order valence-corrected chi connectivity index (χ0v) is 17.4. The number of carbonyl (C=O) groups is 2. The van der Waals surface area contributed by atoms with E-state index in [9.17, 15) is 14.0 Å². The molecule has 1 fully saturated rings. The summed E-state index contributed by atoms with van der Waals surface area (Å²) in [5.41, 5.74) is 2.71. The number of methoxy groups -OCH3 is 1. The zero-order chi connectivity index (χ0) is 21.3. The number of likely N-dealkylation sites (tertiary alicyclic amines) is 1. The number of benzene rings is 2. The van der Waals surface area contributed by atoms with E-state index in [2.05, 4.69) is 10.2 Å². The number of nitrogens with one attached hydrogen (secondary N) is 1. The summed E-state index contributed by atoms with van der Waals surface area (Å²) in [6, 6.07) is 13.7. The molecule has 3 rings (SSSR count). The molecular weight excluding hydrogens is 383 g/mol. The molecule has 30 heavy (non-hydrogen) atoms. The molecule has 0 atom stereocenters. The minimum Gasteiger partial charge on any atom is -0.380 e. The molecule has 0 spiro atoms. The second-order valence-electron chi connectivity index (χ2n) is 7.88. The average molecular weight is 413 g/mol. The van der Waals surface area contributed by atoms with E-state index in [1.54, 1.807) is 7.11 Å². The number of nitrogens with zero attached hydrogens (tertiary/aromatic N) is 1. The van der Waals surface area contributed by atoms with E-state index in [1.807, 2.05) is 24.3 Å². The molecule has 5 nitrogen and oxygen atoms in total. The van der Waals surface area contributed by atoms with Crippen molar-refractivity contribution in [3.05, 3.63) is 71.0 Å². The summed E-state index contributed by atoms with van der Waals surface area (Å²) in [5.74, 6) is 0.0690. The Morgan fingerprint density at radius 3 is 2.30 bits per heavy atom. The molecule has 160 valence electrons. The van der Waals surface area contributed by atoms with E-state index in [1.165, 1.54) is 24.3 Å². The highest BCUT2D eigenvalue weighted by atomic mass is 19.1. The lowest BCUT2D eigenvalue weighted by Gasteiger charge is -2.31. The van der Waals surface area contributed by atoms with Gasteiger partial charge in [0.2, 0.25) is 5.91 Å². The number of hydrogen-bond donors (Lipinski definition) is 1. The highest BCUT2D eigenvalue weighted by molar-refractivity contribution is 5.97. The number of ketones is 1. The van der Waals surface area contributed by atoms with Gasteiger partial charge in [-0.2, -0.15) is 0 Å². The first-order valence-corrected chi connectivity index (χ1v) is 10.4. The smallest absolute Gasteiger partial charge is 0.220 e. The zero-order valence-electron chi connectivity index (χ0n) is 17.4. The van der Waals surface area contributed by atoms with Gasteiger partial charge < -0.3 is 10.1 Å². The van der Waals surface area contributed by atoms with Crippen molar-refractivity contribution in [2.75, 3.05) is 26.7 Å². The van der Waals surface area contributed by atoms with Crippen LogP contribution in [0, 0.1) is 11.7 Å². The minimum atomic E-state index is -0.339. The Hall–Kier alpha value is -2.57. The first kappa shape index (κ1) is 22.1. The summed E-state index contributed by atoms with van der Waals surface area (Å²) < 4.78 is 18.1. The van der Waals surface area contributed by atoms with E-state index >= 15 is 0 Å². The molecule has 1 N–H and O–H groups in total. The summed E-state index contributed by atoms with van der Waals surface area (Å²) in [6.45, 7) is 3.04. The largest absolute Gasteiger partial charge is 0.380 e. The van der Waals surface area contributed by atoms with Crippen LogP contribution in [0.15, 0.2) is 48.5 Å². The number of hydrogen-bond acceptors (Lipinski definition) is 4. The molecule has 0 radical (unpaired) electrons. The van der Waals surface area contributed by atoms with Crippen molar-refractivity contribution in [2.45, 2.75) is 32.4 Å². The fourth-order valence-corrected chi connectivity index (χ4v) is 3.73. The lowest BCUT2D eigenvalue weighted by Crippen LogP contribution is -2.38. The van der Waals surface area contributed by atoms with E-state index in [0.29, 0.717) is 37.6 Å². The maximum absolute atomic E-state index is 13.0. The Morgan fingerprint density at radius 2 is 1.67 bits per heavy atom. The maximum atomic E-state index is 13.0. The Morgan fingerprint density at radius 1 is 1.03 bits per heavy atom.